The normalized spacial score (nSPS) is 10.7. The molecule has 3 heteroatoms. The molecule has 0 bridgehead atoms. The van der Waals surface area contributed by atoms with Crippen LogP contribution in [0, 0.1) is 5.92 Å². The van der Waals surface area contributed by atoms with Gasteiger partial charge in [0, 0.05) is 18.8 Å². The van der Waals surface area contributed by atoms with E-state index in [4.69, 9.17) is 4.74 Å². The highest BCUT2D eigenvalue weighted by Crippen LogP contribution is 2.07. The zero-order chi connectivity index (χ0) is 14.5. The van der Waals surface area contributed by atoms with Gasteiger partial charge in [-0.15, -0.1) is 0 Å². The molecule has 0 N–H and O–H groups in total. The van der Waals surface area contributed by atoms with Crippen molar-refractivity contribution in [1.82, 2.24) is 0 Å². The molecule has 0 aliphatic carbocycles. The van der Waals surface area contributed by atoms with Crippen LogP contribution < -0.4 is 0 Å². The lowest BCUT2D eigenvalue weighted by Crippen LogP contribution is -2.07. The van der Waals surface area contributed by atoms with Gasteiger partial charge in [-0.05, 0) is 25.7 Å². The number of ketones is 1. The highest BCUT2D eigenvalue weighted by Gasteiger charge is 2.06. The smallest absolute Gasteiger partial charge is 0.305 e. The van der Waals surface area contributed by atoms with Crippen LogP contribution in [0.15, 0.2) is 0 Å². The first-order valence-electron chi connectivity index (χ1n) is 7.76. The van der Waals surface area contributed by atoms with Crippen molar-refractivity contribution in [2.45, 2.75) is 78.6 Å². The maximum Gasteiger partial charge on any atom is 0.305 e. The molecule has 0 atom stereocenters. The molecule has 112 valence electrons. The first kappa shape index (κ1) is 18.1. The molecule has 0 aromatic heterocycles. The molecule has 0 heterocycles. The molecular weight excluding hydrogens is 240 g/mol. The second kappa shape index (κ2) is 12.2. The minimum Gasteiger partial charge on any atom is -0.466 e. The number of esters is 1. The number of ether oxygens (including phenoxy) is 1. The summed E-state index contributed by atoms with van der Waals surface area (Å²) in [5.74, 6) is 0.392. The zero-order valence-electron chi connectivity index (χ0n) is 12.9. The Hall–Kier alpha value is -0.860. The van der Waals surface area contributed by atoms with Gasteiger partial charge in [0.1, 0.15) is 5.78 Å². The number of hydrogen-bond acceptors (Lipinski definition) is 3. The average molecular weight is 270 g/mol. The number of hydrogen-bond donors (Lipinski definition) is 0. The predicted molar refractivity (Wildman–Crippen MR) is 78.0 cm³/mol. The van der Waals surface area contributed by atoms with E-state index in [1.54, 1.807) is 0 Å². The second-order valence-corrected chi connectivity index (χ2v) is 5.46. The molecule has 19 heavy (non-hydrogen) atoms. The van der Waals surface area contributed by atoms with E-state index in [0.717, 1.165) is 32.1 Å². The highest BCUT2D eigenvalue weighted by molar-refractivity contribution is 5.80. The summed E-state index contributed by atoms with van der Waals surface area (Å²) in [5, 5.41) is 0. The van der Waals surface area contributed by atoms with Crippen molar-refractivity contribution in [3.05, 3.63) is 0 Å². The van der Waals surface area contributed by atoms with Crippen molar-refractivity contribution in [1.29, 1.82) is 0 Å². The molecule has 0 rings (SSSR count). The monoisotopic (exact) mass is 270 g/mol. The quantitative estimate of drug-likeness (QED) is 0.392. The van der Waals surface area contributed by atoms with Crippen LogP contribution in [0.1, 0.15) is 78.6 Å². The van der Waals surface area contributed by atoms with Gasteiger partial charge in [0.15, 0.2) is 0 Å². The largest absolute Gasteiger partial charge is 0.466 e. The molecule has 0 aliphatic heterocycles. The third-order valence-electron chi connectivity index (χ3n) is 3.21. The van der Waals surface area contributed by atoms with Gasteiger partial charge in [0.25, 0.3) is 0 Å². The number of rotatable bonds is 12. The Labute approximate surface area is 118 Å². The van der Waals surface area contributed by atoms with E-state index in [1.807, 2.05) is 13.8 Å². The van der Waals surface area contributed by atoms with Crippen LogP contribution in [-0.2, 0) is 14.3 Å². The summed E-state index contributed by atoms with van der Waals surface area (Å²) in [4.78, 5) is 22.7. The topological polar surface area (TPSA) is 43.4 Å². The molecule has 0 unspecified atom stereocenters. The fourth-order valence-electron chi connectivity index (χ4n) is 1.82. The lowest BCUT2D eigenvalue weighted by Gasteiger charge is -2.05. The average Bonchev–Trinajstić information content (AvgIpc) is 2.38. The lowest BCUT2D eigenvalue weighted by molar-refractivity contribution is -0.144. The van der Waals surface area contributed by atoms with Crippen molar-refractivity contribution in [2.24, 2.45) is 5.92 Å². The molecule has 0 radical (unpaired) electrons. The lowest BCUT2D eigenvalue weighted by atomic mass is 10.0. The van der Waals surface area contributed by atoms with E-state index in [2.05, 4.69) is 6.92 Å². The van der Waals surface area contributed by atoms with Crippen molar-refractivity contribution in [2.75, 3.05) is 6.61 Å². The van der Waals surface area contributed by atoms with E-state index in [9.17, 15) is 9.59 Å². The van der Waals surface area contributed by atoms with Crippen LogP contribution in [-0.4, -0.2) is 18.4 Å². The molecule has 3 nitrogen and oxygen atoms in total. The minimum absolute atomic E-state index is 0.0747. The van der Waals surface area contributed by atoms with Crippen LogP contribution in [0.5, 0.6) is 0 Å². The molecule has 0 aromatic rings. The summed E-state index contributed by atoms with van der Waals surface area (Å²) >= 11 is 0. The summed E-state index contributed by atoms with van der Waals surface area (Å²) in [6.07, 6.45) is 8.37. The molecule has 0 amide bonds. The predicted octanol–water partition coefficient (Wildman–Crippen LogP) is 4.29. The summed E-state index contributed by atoms with van der Waals surface area (Å²) in [6, 6.07) is 0. The Bertz CT molecular complexity index is 246. The molecule has 0 fully saturated rings. The summed E-state index contributed by atoms with van der Waals surface area (Å²) in [5.41, 5.74) is 0. The molecule has 0 aromatic carbocycles. The Morgan fingerprint density at radius 1 is 0.895 bits per heavy atom. The zero-order valence-corrected chi connectivity index (χ0v) is 12.9. The number of carbonyl (C=O) groups excluding carboxylic acids is 2. The van der Waals surface area contributed by atoms with Gasteiger partial charge in [0.2, 0.25) is 0 Å². The Kier molecular flexibility index (Phi) is 11.6. The maximum atomic E-state index is 11.4. The van der Waals surface area contributed by atoms with Crippen LogP contribution in [0.4, 0.5) is 0 Å². The molecule has 0 saturated heterocycles. The Balaban J connectivity index is 3.29. The van der Waals surface area contributed by atoms with Crippen LogP contribution in [0.3, 0.4) is 0 Å². The van der Waals surface area contributed by atoms with Gasteiger partial charge in [-0.25, -0.2) is 0 Å². The summed E-state index contributed by atoms with van der Waals surface area (Å²) in [7, 11) is 0. The van der Waals surface area contributed by atoms with E-state index in [-0.39, 0.29) is 11.9 Å². The van der Waals surface area contributed by atoms with E-state index in [0.29, 0.717) is 25.2 Å². The van der Waals surface area contributed by atoms with Crippen LogP contribution >= 0.6 is 0 Å². The fraction of sp³-hybridized carbons (Fsp3) is 0.875. The van der Waals surface area contributed by atoms with Crippen molar-refractivity contribution in [3.8, 4) is 0 Å². The van der Waals surface area contributed by atoms with Crippen molar-refractivity contribution >= 4 is 11.8 Å². The van der Waals surface area contributed by atoms with Gasteiger partial charge in [-0.2, -0.15) is 0 Å². The van der Waals surface area contributed by atoms with E-state index < -0.39 is 0 Å². The molecule has 0 aliphatic rings. The van der Waals surface area contributed by atoms with Crippen molar-refractivity contribution < 1.29 is 14.3 Å². The fourth-order valence-corrected chi connectivity index (χ4v) is 1.82. The van der Waals surface area contributed by atoms with Gasteiger partial charge >= 0.3 is 5.97 Å². The van der Waals surface area contributed by atoms with E-state index in [1.165, 1.54) is 12.8 Å². The van der Waals surface area contributed by atoms with Gasteiger partial charge < -0.3 is 4.74 Å². The third-order valence-corrected chi connectivity index (χ3v) is 3.21. The Morgan fingerprint density at radius 3 is 2.16 bits per heavy atom. The SMILES string of the molecule is CCCCCCC(=O)OCCCCCC(=O)C(C)C. The molecule has 0 spiro atoms. The van der Waals surface area contributed by atoms with E-state index >= 15 is 0 Å². The first-order chi connectivity index (χ1) is 9.07. The molecular formula is C16H30O3. The maximum absolute atomic E-state index is 11.4. The first-order valence-corrected chi connectivity index (χ1v) is 7.76. The minimum atomic E-state index is -0.0747. The summed E-state index contributed by atoms with van der Waals surface area (Å²) < 4.78 is 5.15. The number of unbranched alkanes of at least 4 members (excludes halogenated alkanes) is 5. The third kappa shape index (κ3) is 11.9. The highest BCUT2D eigenvalue weighted by atomic mass is 16.5. The van der Waals surface area contributed by atoms with Crippen LogP contribution in [0.2, 0.25) is 0 Å². The second-order valence-electron chi connectivity index (χ2n) is 5.46. The van der Waals surface area contributed by atoms with Crippen molar-refractivity contribution in [3.63, 3.8) is 0 Å². The number of Topliss-reactive ketones (excluding diaryl/α,β-unsaturated/α-hetero) is 1. The van der Waals surface area contributed by atoms with Crippen LogP contribution in [0.25, 0.3) is 0 Å². The van der Waals surface area contributed by atoms with Gasteiger partial charge in [0.05, 0.1) is 6.61 Å². The Morgan fingerprint density at radius 2 is 1.53 bits per heavy atom. The molecule has 0 saturated carbocycles. The standard InChI is InChI=1S/C16H30O3/c1-4-5-6-9-12-16(18)19-13-10-7-8-11-15(17)14(2)3/h14H,4-13H2,1-3H3. The number of carbonyl (C=O) groups is 2. The summed E-state index contributed by atoms with van der Waals surface area (Å²) in [6.45, 7) is 6.52. The van der Waals surface area contributed by atoms with Gasteiger partial charge in [-0.3, -0.25) is 9.59 Å². The van der Waals surface area contributed by atoms with Gasteiger partial charge in [-0.1, -0.05) is 40.0 Å².